The summed E-state index contributed by atoms with van der Waals surface area (Å²) >= 11 is 9.50. The molecule has 0 atom stereocenters. The van der Waals surface area contributed by atoms with Crippen molar-refractivity contribution in [2.45, 2.75) is 53.5 Å². The van der Waals surface area contributed by atoms with Gasteiger partial charge in [0.25, 0.3) is 0 Å². The van der Waals surface area contributed by atoms with Crippen LogP contribution in [0.25, 0.3) is 0 Å². The summed E-state index contributed by atoms with van der Waals surface area (Å²) in [4.78, 5) is 10.4. The first-order valence-corrected chi connectivity index (χ1v) is 11.0. The van der Waals surface area contributed by atoms with Crippen molar-refractivity contribution in [3.63, 3.8) is 0 Å². The molecule has 0 bridgehead atoms. The van der Waals surface area contributed by atoms with Crippen LogP contribution in [0.1, 0.15) is 61.7 Å². The molecule has 29 heavy (non-hydrogen) atoms. The SMILES string of the molecule is CC.CC(C)(C)c1ccc(C=O)cc1.CN.CNCc1ccc(C)cc1Cl.CS. The zero-order valence-electron chi connectivity index (χ0n) is 19.6. The predicted octanol–water partition coefficient (Wildman–Crippen LogP) is 6.31. The molecular weight excluding hydrogens is 400 g/mol. The Morgan fingerprint density at radius 3 is 1.86 bits per heavy atom. The molecule has 0 radical (unpaired) electrons. The number of benzene rings is 2. The topological polar surface area (TPSA) is 55.1 Å². The van der Waals surface area contributed by atoms with Crippen LogP contribution in [-0.4, -0.2) is 26.6 Å². The summed E-state index contributed by atoms with van der Waals surface area (Å²) in [5.41, 5.74) is 9.02. The van der Waals surface area contributed by atoms with Crippen molar-refractivity contribution >= 4 is 30.5 Å². The van der Waals surface area contributed by atoms with Crippen molar-refractivity contribution in [3.05, 3.63) is 69.7 Å². The van der Waals surface area contributed by atoms with E-state index in [-0.39, 0.29) is 5.41 Å². The number of hydrogen-bond acceptors (Lipinski definition) is 4. The molecule has 2 aromatic rings. The summed E-state index contributed by atoms with van der Waals surface area (Å²) in [6, 6.07) is 13.8. The van der Waals surface area contributed by atoms with E-state index in [9.17, 15) is 4.79 Å². The van der Waals surface area contributed by atoms with E-state index in [2.05, 4.69) is 50.5 Å². The fourth-order valence-corrected chi connectivity index (χ4v) is 2.35. The number of aldehydes is 1. The highest BCUT2D eigenvalue weighted by Gasteiger charge is 2.12. The molecule has 0 amide bonds. The number of hydrogen-bond donors (Lipinski definition) is 3. The number of halogens is 1. The van der Waals surface area contributed by atoms with Crippen molar-refractivity contribution in [3.8, 4) is 0 Å². The normalized spacial score (nSPS) is 9.10. The monoisotopic (exact) mass is 440 g/mol. The highest BCUT2D eigenvalue weighted by molar-refractivity contribution is 7.79. The van der Waals surface area contributed by atoms with E-state index in [4.69, 9.17) is 11.6 Å². The Morgan fingerprint density at radius 1 is 1.03 bits per heavy atom. The fraction of sp³-hybridized carbons (Fsp3) is 0.458. The van der Waals surface area contributed by atoms with Crippen LogP contribution < -0.4 is 11.1 Å². The zero-order chi connectivity index (χ0) is 23.5. The van der Waals surface area contributed by atoms with Crippen LogP contribution in [0, 0.1) is 6.92 Å². The van der Waals surface area contributed by atoms with Gasteiger partial charge in [-0.3, -0.25) is 4.79 Å². The molecule has 0 saturated carbocycles. The molecule has 3 N–H and O–H groups in total. The maximum absolute atomic E-state index is 10.4. The van der Waals surface area contributed by atoms with Gasteiger partial charge in [0.1, 0.15) is 6.29 Å². The number of thiol groups is 1. The van der Waals surface area contributed by atoms with Crippen LogP contribution >= 0.6 is 24.2 Å². The Labute approximate surface area is 189 Å². The largest absolute Gasteiger partial charge is 0.333 e. The van der Waals surface area contributed by atoms with Gasteiger partial charge in [-0.2, -0.15) is 12.6 Å². The van der Waals surface area contributed by atoms with Crippen molar-refractivity contribution in [1.82, 2.24) is 5.32 Å². The Bertz CT molecular complexity index is 638. The van der Waals surface area contributed by atoms with E-state index in [1.54, 1.807) is 6.26 Å². The highest BCUT2D eigenvalue weighted by atomic mass is 35.5. The number of carbonyl (C=O) groups is 1. The molecule has 0 fully saturated rings. The van der Waals surface area contributed by atoms with Gasteiger partial charge in [0, 0.05) is 17.1 Å². The minimum Gasteiger partial charge on any atom is -0.333 e. The minimum absolute atomic E-state index is 0.168. The highest BCUT2D eigenvalue weighted by Crippen LogP contribution is 2.21. The minimum atomic E-state index is 0.168. The van der Waals surface area contributed by atoms with Crippen LogP contribution in [0.3, 0.4) is 0 Å². The smallest absolute Gasteiger partial charge is 0.150 e. The molecule has 2 rings (SSSR count). The molecule has 0 unspecified atom stereocenters. The molecule has 166 valence electrons. The average molecular weight is 441 g/mol. The molecule has 0 aliphatic rings. The lowest BCUT2D eigenvalue weighted by Gasteiger charge is -2.18. The van der Waals surface area contributed by atoms with Gasteiger partial charge in [-0.05, 0) is 55.4 Å². The van der Waals surface area contributed by atoms with Crippen molar-refractivity contribution in [2.75, 3.05) is 20.4 Å². The summed E-state index contributed by atoms with van der Waals surface area (Å²) < 4.78 is 0. The lowest BCUT2D eigenvalue weighted by molar-refractivity contribution is 0.112. The third-order valence-electron chi connectivity index (χ3n) is 3.49. The summed E-state index contributed by atoms with van der Waals surface area (Å²) in [6.45, 7) is 13.3. The molecule has 2 aromatic carbocycles. The first-order valence-electron chi connectivity index (χ1n) is 9.75. The Hall–Kier alpha value is -1.33. The van der Waals surface area contributed by atoms with Crippen molar-refractivity contribution in [2.24, 2.45) is 5.73 Å². The maximum atomic E-state index is 10.4. The molecule has 0 aliphatic heterocycles. The van der Waals surface area contributed by atoms with Crippen LogP contribution in [0.5, 0.6) is 0 Å². The summed E-state index contributed by atoms with van der Waals surface area (Å²) in [5.74, 6) is 0. The first kappa shape index (κ1) is 32.3. The van der Waals surface area contributed by atoms with E-state index in [0.29, 0.717) is 0 Å². The van der Waals surface area contributed by atoms with Gasteiger partial charge >= 0.3 is 0 Å². The Kier molecular flexibility index (Phi) is 22.3. The van der Waals surface area contributed by atoms with E-state index in [1.165, 1.54) is 18.2 Å². The number of aryl methyl sites for hydroxylation is 1. The van der Waals surface area contributed by atoms with Gasteiger partial charge in [0.15, 0.2) is 0 Å². The molecule has 0 spiro atoms. The number of rotatable bonds is 3. The number of nitrogens with one attached hydrogen (secondary N) is 1. The van der Waals surface area contributed by atoms with Crippen LogP contribution in [-0.2, 0) is 12.0 Å². The quantitative estimate of drug-likeness (QED) is 0.387. The average Bonchev–Trinajstić information content (AvgIpc) is 2.74. The lowest BCUT2D eigenvalue weighted by Crippen LogP contribution is -2.10. The van der Waals surface area contributed by atoms with Crippen molar-refractivity contribution < 1.29 is 4.79 Å². The van der Waals surface area contributed by atoms with Crippen molar-refractivity contribution in [1.29, 1.82) is 0 Å². The molecule has 3 nitrogen and oxygen atoms in total. The maximum Gasteiger partial charge on any atom is 0.150 e. The summed E-state index contributed by atoms with van der Waals surface area (Å²) in [7, 11) is 3.41. The first-order chi connectivity index (χ1) is 13.8. The van der Waals surface area contributed by atoms with Crippen LogP contribution in [0.4, 0.5) is 0 Å². The Morgan fingerprint density at radius 2 is 1.52 bits per heavy atom. The standard InChI is InChI=1S/C11H14O.C9H12ClN.C2H6.CH5N.CH4S/c1-11(2,3)10-6-4-9(8-12)5-7-10;1-7-3-4-8(6-11-2)9(10)5-7;3*1-2/h4-8H,1-3H3;3-5,11H,6H2,1-2H3;1-2H3;2H2,1H3;2H,1H3. The molecule has 0 aromatic heterocycles. The molecule has 0 heterocycles. The molecule has 5 heteroatoms. The van der Waals surface area contributed by atoms with E-state index < -0.39 is 0 Å². The molecular formula is C24H41ClN2OS. The van der Waals surface area contributed by atoms with Gasteiger partial charge < -0.3 is 11.1 Å². The zero-order valence-corrected chi connectivity index (χ0v) is 21.3. The summed E-state index contributed by atoms with van der Waals surface area (Å²) in [5, 5.41) is 3.91. The van der Waals surface area contributed by atoms with E-state index in [1.807, 2.05) is 64.2 Å². The van der Waals surface area contributed by atoms with Crippen LogP contribution in [0.15, 0.2) is 42.5 Å². The van der Waals surface area contributed by atoms with E-state index >= 15 is 0 Å². The lowest BCUT2D eigenvalue weighted by atomic mass is 9.87. The van der Waals surface area contributed by atoms with Gasteiger partial charge in [-0.1, -0.05) is 82.6 Å². The van der Waals surface area contributed by atoms with Crippen LogP contribution in [0.2, 0.25) is 5.02 Å². The second-order valence-electron chi connectivity index (χ2n) is 6.62. The predicted molar refractivity (Wildman–Crippen MR) is 136 cm³/mol. The summed E-state index contributed by atoms with van der Waals surface area (Å²) in [6.07, 6.45) is 2.56. The fourth-order valence-electron chi connectivity index (χ4n) is 2.05. The third kappa shape index (κ3) is 15.2. The van der Waals surface area contributed by atoms with Gasteiger partial charge in [-0.25, -0.2) is 0 Å². The number of carbonyl (C=O) groups excluding carboxylic acids is 1. The second-order valence-corrected chi connectivity index (χ2v) is 7.02. The van der Waals surface area contributed by atoms with Gasteiger partial charge in [0.05, 0.1) is 0 Å². The molecule has 0 saturated heterocycles. The molecule has 0 aliphatic carbocycles. The Balaban J connectivity index is -0.000000371. The van der Waals surface area contributed by atoms with E-state index in [0.717, 1.165) is 29.0 Å². The number of nitrogens with two attached hydrogens (primary N) is 1. The van der Waals surface area contributed by atoms with Gasteiger partial charge in [0.2, 0.25) is 0 Å². The third-order valence-corrected chi connectivity index (χ3v) is 3.84. The second kappa shape index (κ2) is 20.0. The van der Waals surface area contributed by atoms with Gasteiger partial charge in [-0.15, -0.1) is 0 Å².